The van der Waals surface area contributed by atoms with Crippen LogP contribution in [0.1, 0.15) is 40.5 Å². The van der Waals surface area contributed by atoms with E-state index in [1.165, 1.54) is 30.5 Å². The summed E-state index contributed by atoms with van der Waals surface area (Å²) >= 11 is 0. The van der Waals surface area contributed by atoms with E-state index in [1.807, 2.05) is 13.0 Å². The number of hydrogen-bond acceptors (Lipinski definition) is 2. The Morgan fingerprint density at radius 3 is 2.79 bits per heavy atom. The number of carbonyl (C=O) groups is 1. The van der Waals surface area contributed by atoms with Gasteiger partial charge in [-0.25, -0.2) is 0 Å². The van der Waals surface area contributed by atoms with Crippen LogP contribution < -0.4 is 0 Å². The van der Waals surface area contributed by atoms with E-state index in [0.717, 1.165) is 5.57 Å². The zero-order valence-corrected chi connectivity index (χ0v) is 12.8. The fourth-order valence-corrected chi connectivity index (χ4v) is 3.20. The van der Waals surface area contributed by atoms with Crippen molar-refractivity contribution in [3.8, 4) is 0 Å². The van der Waals surface area contributed by atoms with Gasteiger partial charge in [0.05, 0.1) is 0 Å². The SMILES string of the molecule is CC(=O)C(C)=CC1=CC2CCCN(C)C2(C)C=C1C. The van der Waals surface area contributed by atoms with Crippen LogP contribution in [0.4, 0.5) is 0 Å². The van der Waals surface area contributed by atoms with Crippen molar-refractivity contribution in [2.24, 2.45) is 5.92 Å². The molecule has 2 rings (SSSR count). The van der Waals surface area contributed by atoms with E-state index in [-0.39, 0.29) is 11.3 Å². The smallest absolute Gasteiger partial charge is 0.155 e. The van der Waals surface area contributed by atoms with Gasteiger partial charge in [-0.05, 0) is 82.8 Å². The van der Waals surface area contributed by atoms with Gasteiger partial charge >= 0.3 is 0 Å². The summed E-state index contributed by atoms with van der Waals surface area (Å²) in [6, 6.07) is 0. The van der Waals surface area contributed by atoms with E-state index in [1.54, 1.807) is 6.92 Å². The van der Waals surface area contributed by atoms with Crippen molar-refractivity contribution in [3.05, 3.63) is 34.9 Å². The average molecular weight is 259 g/mol. The summed E-state index contributed by atoms with van der Waals surface area (Å²) in [4.78, 5) is 13.9. The molecule has 19 heavy (non-hydrogen) atoms. The lowest BCUT2D eigenvalue weighted by Crippen LogP contribution is -2.52. The third kappa shape index (κ3) is 2.59. The lowest BCUT2D eigenvalue weighted by atomic mass is 9.72. The van der Waals surface area contributed by atoms with E-state index in [0.29, 0.717) is 5.92 Å². The fourth-order valence-electron chi connectivity index (χ4n) is 3.20. The standard InChI is InChI=1S/C17H25NO/c1-12(14(3)19)9-15-10-16-7-6-8-18(5)17(16,4)11-13(15)2/h9-11,16H,6-8H2,1-5H3. The molecule has 0 saturated carbocycles. The minimum absolute atomic E-state index is 0.143. The molecule has 0 N–H and O–H groups in total. The fraction of sp³-hybridized carbons (Fsp3) is 0.588. The molecule has 0 bridgehead atoms. The Labute approximate surface area is 116 Å². The molecule has 104 valence electrons. The van der Waals surface area contributed by atoms with Crippen LogP contribution >= 0.6 is 0 Å². The molecule has 1 heterocycles. The van der Waals surface area contributed by atoms with E-state index in [9.17, 15) is 4.79 Å². The van der Waals surface area contributed by atoms with Gasteiger partial charge in [-0.3, -0.25) is 9.69 Å². The molecule has 0 amide bonds. The summed E-state index contributed by atoms with van der Waals surface area (Å²) in [5, 5.41) is 0. The summed E-state index contributed by atoms with van der Waals surface area (Å²) in [6.45, 7) is 9.18. The van der Waals surface area contributed by atoms with Crippen molar-refractivity contribution in [2.75, 3.05) is 13.6 Å². The van der Waals surface area contributed by atoms with Gasteiger partial charge in [-0.1, -0.05) is 12.2 Å². The Bertz CT molecular complexity index is 483. The molecule has 1 saturated heterocycles. The van der Waals surface area contributed by atoms with E-state index < -0.39 is 0 Å². The first kappa shape index (κ1) is 14.3. The third-order valence-corrected chi connectivity index (χ3v) is 4.85. The molecule has 0 aromatic heterocycles. The summed E-state index contributed by atoms with van der Waals surface area (Å²) < 4.78 is 0. The predicted molar refractivity (Wildman–Crippen MR) is 80.0 cm³/mol. The Morgan fingerprint density at radius 2 is 2.16 bits per heavy atom. The quantitative estimate of drug-likeness (QED) is 0.707. The molecule has 1 aliphatic carbocycles. The zero-order chi connectivity index (χ0) is 14.2. The van der Waals surface area contributed by atoms with Crippen LogP contribution in [0.3, 0.4) is 0 Å². The van der Waals surface area contributed by atoms with Gasteiger partial charge in [0.15, 0.2) is 5.78 Å². The van der Waals surface area contributed by atoms with E-state index in [4.69, 9.17) is 0 Å². The van der Waals surface area contributed by atoms with Crippen LogP contribution in [0, 0.1) is 5.92 Å². The molecular weight excluding hydrogens is 234 g/mol. The van der Waals surface area contributed by atoms with Crippen LogP contribution in [0.15, 0.2) is 34.9 Å². The second-order valence-electron chi connectivity index (χ2n) is 6.23. The van der Waals surface area contributed by atoms with Gasteiger partial charge in [0.2, 0.25) is 0 Å². The van der Waals surface area contributed by atoms with Gasteiger partial charge in [0.25, 0.3) is 0 Å². The lowest BCUT2D eigenvalue weighted by Gasteiger charge is -2.48. The van der Waals surface area contributed by atoms with Gasteiger partial charge in [0.1, 0.15) is 0 Å². The number of rotatable bonds is 2. The molecule has 0 spiro atoms. The maximum atomic E-state index is 11.4. The molecule has 1 aliphatic heterocycles. The van der Waals surface area contributed by atoms with Crippen molar-refractivity contribution in [2.45, 2.75) is 46.1 Å². The summed E-state index contributed by atoms with van der Waals surface area (Å²) in [5.74, 6) is 0.712. The maximum absolute atomic E-state index is 11.4. The van der Waals surface area contributed by atoms with Gasteiger partial charge in [-0.15, -0.1) is 0 Å². The van der Waals surface area contributed by atoms with Crippen LogP contribution in [0.25, 0.3) is 0 Å². The highest BCUT2D eigenvalue weighted by Gasteiger charge is 2.39. The molecular formula is C17H25NO. The molecule has 2 atom stereocenters. The van der Waals surface area contributed by atoms with Gasteiger partial charge in [0, 0.05) is 5.54 Å². The minimum atomic E-state index is 0.143. The normalized spacial score (nSPS) is 32.5. The number of hydrogen-bond donors (Lipinski definition) is 0. The number of likely N-dealkylation sites (N-methyl/N-ethyl adjacent to an activating group) is 1. The Balaban J connectivity index is 2.36. The van der Waals surface area contributed by atoms with Crippen molar-refractivity contribution < 1.29 is 4.79 Å². The van der Waals surface area contributed by atoms with Gasteiger partial charge in [-0.2, -0.15) is 0 Å². The maximum Gasteiger partial charge on any atom is 0.155 e. The first-order valence-corrected chi connectivity index (χ1v) is 7.16. The number of piperidine rings is 1. The summed E-state index contributed by atoms with van der Waals surface area (Å²) in [5.41, 5.74) is 3.49. The third-order valence-electron chi connectivity index (χ3n) is 4.85. The Kier molecular flexibility index (Phi) is 3.82. The van der Waals surface area contributed by atoms with Crippen molar-refractivity contribution in [1.82, 2.24) is 4.90 Å². The van der Waals surface area contributed by atoms with E-state index in [2.05, 4.69) is 37.9 Å². The topological polar surface area (TPSA) is 20.3 Å². The van der Waals surface area contributed by atoms with Crippen molar-refractivity contribution in [3.63, 3.8) is 0 Å². The number of allylic oxidation sites excluding steroid dienone is 4. The first-order valence-electron chi connectivity index (χ1n) is 7.16. The highest BCUT2D eigenvalue weighted by molar-refractivity contribution is 5.93. The second kappa shape index (κ2) is 5.09. The van der Waals surface area contributed by atoms with Crippen LogP contribution in [-0.4, -0.2) is 29.8 Å². The largest absolute Gasteiger partial charge is 0.297 e. The van der Waals surface area contributed by atoms with Gasteiger partial charge < -0.3 is 0 Å². The molecule has 2 heteroatoms. The molecule has 2 nitrogen and oxygen atoms in total. The number of Topliss-reactive ketones (excluding diaryl/α,β-unsaturated/α-hetero) is 1. The van der Waals surface area contributed by atoms with Crippen LogP contribution in [-0.2, 0) is 4.79 Å². The molecule has 1 fully saturated rings. The second-order valence-corrected chi connectivity index (χ2v) is 6.23. The van der Waals surface area contributed by atoms with Crippen molar-refractivity contribution in [1.29, 1.82) is 0 Å². The summed E-state index contributed by atoms with van der Waals surface area (Å²) in [7, 11) is 2.21. The summed E-state index contributed by atoms with van der Waals surface area (Å²) in [6.07, 6.45) is 9.29. The number of likely N-dealkylation sites (tertiary alicyclic amines) is 1. The first-order chi connectivity index (χ1) is 8.84. The van der Waals surface area contributed by atoms with Crippen LogP contribution in [0.2, 0.25) is 0 Å². The van der Waals surface area contributed by atoms with E-state index >= 15 is 0 Å². The monoisotopic (exact) mass is 259 g/mol. The number of nitrogens with zero attached hydrogens (tertiary/aromatic N) is 1. The molecule has 2 unspecified atom stereocenters. The average Bonchev–Trinajstić information content (AvgIpc) is 2.32. The molecule has 0 aromatic carbocycles. The van der Waals surface area contributed by atoms with Crippen LogP contribution in [0.5, 0.6) is 0 Å². The highest BCUT2D eigenvalue weighted by Crippen LogP contribution is 2.40. The highest BCUT2D eigenvalue weighted by atomic mass is 16.1. The predicted octanol–water partition coefficient (Wildman–Crippen LogP) is 3.51. The Morgan fingerprint density at radius 1 is 1.47 bits per heavy atom. The Hall–Kier alpha value is -1.15. The van der Waals surface area contributed by atoms with Crippen molar-refractivity contribution >= 4 is 5.78 Å². The zero-order valence-electron chi connectivity index (χ0n) is 12.8. The number of ketones is 1. The molecule has 0 radical (unpaired) electrons. The number of fused-ring (bicyclic) bond motifs is 1. The number of carbonyl (C=O) groups excluding carboxylic acids is 1. The molecule has 2 aliphatic rings. The molecule has 0 aromatic rings. The minimum Gasteiger partial charge on any atom is -0.297 e. The lowest BCUT2D eigenvalue weighted by molar-refractivity contribution is -0.113.